The summed E-state index contributed by atoms with van der Waals surface area (Å²) >= 11 is 7.96. The van der Waals surface area contributed by atoms with Crippen LogP contribution >= 0.6 is 22.9 Å². The number of quaternary nitrogens is 1. The van der Waals surface area contributed by atoms with Gasteiger partial charge in [-0.1, -0.05) is 29.8 Å². The number of nitrogens with one attached hydrogen (secondary N) is 1. The summed E-state index contributed by atoms with van der Waals surface area (Å²) in [5.74, 6) is 0. The summed E-state index contributed by atoms with van der Waals surface area (Å²) in [6, 6.07) is 12.1. The van der Waals surface area contributed by atoms with Crippen molar-refractivity contribution >= 4 is 28.6 Å². The Hall–Kier alpha value is -1.11. The molecule has 1 aliphatic heterocycles. The van der Waals surface area contributed by atoms with Gasteiger partial charge < -0.3 is 19.6 Å². The molecule has 0 saturated carbocycles. The first-order valence-electron chi connectivity index (χ1n) is 8.33. The van der Waals surface area contributed by atoms with Gasteiger partial charge in [0.25, 0.3) is 0 Å². The number of hydrogen-bond acceptors (Lipinski definition) is 4. The van der Waals surface area contributed by atoms with Crippen LogP contribution < -0.4 is 9.80 Å². The van der Waals surface area contributed by atoms with Gasteiger partial charge in [-0.05, 0) is 23.6 Å². The second-order valence-corrected chi connectivity index (χ2v) is 7.58. The number of aliphatic hydroxyl groups is 1. The third-order valence-electron chi connectivity index (χ3n) is 4.32. The van der Waals surface area contributed by atoms with Gasteiger partial charge in [-0.25, -0.2) is 0 Å². The van der Waals surface area contributed by atoms with E-state index in [1.807, 2.05) is 29.6 Å². The van der Waals surface area contributed by atoms with Crippen LogP contribution in [0.25, 0.3) is 0 Å². The van der Waals surface area contributed by atoms with E-state index < -0.39 is 6.10 Å². The number of benzene rings is 1. The van der Waals surface area contributed by atoms with Gasteiger partial charge in [-0.15, -0.1) is 11.3 Å². The SMILES string of the molecule is O[C@H](COCc1cccs1)C[NH+]1CCN(c2ccccc2Cl)CC1. The monoisotopic (exact) mass is 367 g/mol. The van der Waals surface area contributed by atoms with E-state index in [0.717, 1.165) is 43.4 Å². The minimum Gasteiger partial charge on any atom is -0.385 e. The van der Waals surface area contributed by atoms with E-state index in [-0.39, 0.29) is 0 Å². The number of halogens is 1. The lowest BCUT2D eigenvalue weighted by atomic mass is 10.2. The standard InChI is InChI=1S/C18H23ClN2O2S/c19-17-5-1-2-6-18(17)21-9-7-20(8-10-21)12-15(22)13-23-14-16-4-3-11-24-16/h1-6,11,15,22H,7-10,12-14H2/p+1/t15-/m0/s1. The number of anilines is 1. The molecule has 0 radical (unpaired) electrons. The summed E-state index contributed by atoms with van der Waals surface area (Å²) < 4.78 is 5.61. The number of hydrogen-bond donors (Lipinski definition) is 2. The highest BCUT2D eigenvalue weighted by Crippen LogP contribution is 2.24. The number of nitrogens with zero attached hydrogens (tertiary/aromatic N) is 1. The Kier molecular flexibility index (Phi) is 6.51. The summed E-state index contributed by atoms with van der Waals surface area (Å²) in [4.78, 5) is 4.94. The maximum Gasteiger partial charge on any atom is 0.126 e. The third-order valence-corrected chi connectivity index (χ3v) is 5.49. The molecule has 24 heavy (non-hydrogen) atoms. The average molecular weight is 368 g/mol. The van der Waals surface area contributed by atoms with Crippen molar-refractivity contribution in [2.75, 3.05) is 44.2 Å². The van der Waals surface area contributed by atoms with Crippen LogP contribution in [0.2, 0.25) is 5.02 Å². The van der Waals surface area contributed by atoms with Gasteiger partial charge in [-0.3, -0.25) is 0 Å². The molecule has 1 saturated heterocycles. The maximum absolute atomic E-state index is 10.2. The smallest absolute Gasteiger partial charge is 0.126 e. The van der Waals surface area contributed by atoms with Crippen molar-refractivity contribution < 1.29 is 14.7 Å². The van der Waals surface area contributed by atoms with Gasteiger partial charge in [0.15, 0.2) is 0 Å². The Labute approximate surface area is 152 Å². The Balaban J connectivity index is 1.38. The fraction of sp³-hybridized carbons (Fsp3) is 0.444. The first-order chi connectivity index (χ1) is 11.7. The molecular formula is C18H24ClN2O2S+. The van der Waals surface area contributed by atoms with Gasteiger partial charge in [0.05, 0.1) is 50.1 Å². The first-order valence-corrected chi connectivity index (χ1v) is 9.59. The van der Waals surface area contributed by atoms with E-state index in [4.69, 9.17) is 16.3 Å². The van der Waals surface area contributed by atoms with Gasteiger partial charge in [0, 0.05) is 4.88 Å². The van der Waals surface area contributed by atoms with Gasteiger partial charge in [0.2, 0.25) is 0 Å². The van der Waals surface area contributed by atoms with E-state index >= 15 is 0 Å². The average Bonchev–Trinajstić information content (AvgIpc) is 3.10. The van der Waals surface area contributed by atoms with Crippen LogP contribution in [0.3, 0.4) is 0 Å². The number of thiophene rings is 1. The van der Waals surface area contributed by atoms with E-state index in [0.29, 0.717) is 13.2 Å². The summed E-state index contributed by atoms with van der Waals surface area (Å²) in [5, 5.41) is 13.0. The molecule has 4 nitrogen and oxygen atoms in total. The third kappa shape index (κ3) is 4.94. The van der Waals surface area contributed by atoms with Crippen LogP contribution in [0.15, 0.2) is 41.8 Å². The van der Waals surface area contributed by atoms with E-state index in [1.165, 1.54) is 9.78 Å². The second-order valence-electron chi connectivity index (χ2n) is 6.14. The number of piperazine rings is 1. The lowest BCUT2D eigenvalue weighted by molar-refractivity contribution is -0.903. The number of rotatable bonds is 7. The molecule has 1 aliphatic rings. The zero-order valence-corrected chi connectivity index (χ0v) is 15.2. The molecule has 2 N–H and O–H groups in total. The highest BCUT2D eigenvalue weighted by atomic mass is 35.5. The van der Waals surface area contributed by atoms with Crippen molar-refractivity contribution in [3.8, 4) is 0 Å². The van der Waals surface area contributed by atoms with E-state index in [2.05, 4.69) is 17.0 Å². The minimum absolute atomic E-state index is 0.398. The summed E-state index contributed by atoms with van der Waals surface area (Å²) in [5.41, 5.74) is 1.11. The van der Waals surface area contributed by atoms with Crippen molar-refractivity contribution in [1.29, 1.82) is 0 Å². The molecule has 2 heterocycles. The Morgan fingerprint density at radius 1 is 1.21 bits per heavy atom. The quantitative estimate of drug-likeness (QED) is 0.782. The molecule has 3 rings (SSSR count). The fourth-order valence-electron chi connectivity index (χ4n) is 3.06. The van der Waals surface area contributed by atoms with Crippen molar-refractivity contribution in [2.24, 2.45) is 0 Å². The zero-order valence-electron chi connectivity index (χ0n) is 13.7. The fourth-order valence-corrected chi connectivity index (χ4v) is 3.95. The van der Waals surface area contributed by atoms with Crippen molar-refractivity contribution in [3.63, 3.8) is 0 Å². The van der Waals surface area contributed by atoms with Gasteiger partial charge in [0.1, 0.15) is 12.6 Å². The molecular weight excluding hydrogens is 344 g/mol. The van der Waals surface area contributed by atoms with Gasteiger partial charge in [-0.2, -0.15) is 0 Å². The predicted octanol–water partition coefficient (Wildman–Crippen LogP) is 1.68. The number of aliphatic hydroxyl groups excluding tert-OH is 1. The van der Waals surface area contributed by atoms with Crippen LogP contribution in [0, 0.1) is 0 Å². The Morgan fingerprint density at radius 3 is 2.71 bits per heavy atom. The van der Waals surface area contributed by atoms with Crippen molar-refractivity contribution in [2.45, 2.75) is 12.7 Å². The van der Waals surface area contributed by atoms with Crippen molar-refractivity contribution in [3.05, 3.63) is 51.7 Å². The molecule has 0 bridgehead atoms. The highest BCUT2D eigenvalue weighted by molar-refractivity contribution is 7.09. The second kappa shape index (κ2) is 8.83. The van der Waals surface area contributed by atoms with Crippen LogP contribution in [0.1, 0.15) is 4.88 Å². The summed E-state index contributed by atoms with van der Waals surface area (Å²) in [6.07, 6.45) is -0.410. The Bertz CT molecular complexity index is 615. The summed E-state index contributed by atoms with van der Waals surface area (Å²) in [7, 11) is 0. The first kappa shape index (κ1) is 17.7. The zero-order chi connectivity index (χ0) is 16.8. The van der Waals surface area contributed by atoms with E-state index in [1.54, 1.807) is 11.3 Å². The predicted molar refractivity (Wildman–Crippen MR) is 99.2 cm³/mol. The molecule has 2 aromatic rings. The van der Waals surface area contributed by atoms with Crippen LogP contribution in [0.5, 0.6) is 0 Å². The molecule has 1 fully saturated rings. The normalized spacial score (nSPS) is 17.2. The maximum atomic E-state index is 10.2. The topological polar surface area (TPSA) is 37.1 Å². The lowest BCUT2D eigenvalue weighted by Gasteiger charge is -2.34. The summed E-state index contributed by atoms with van der Waals surface area (Å²) in [6.45, 7) is 5.66. The molecule has 130 valence electrons. The van der Waals surface area contributed by atoms with E-state index in [9.17, 15) is 5.11 Å². The molecule has 1 aromatic heterocycles. The van der Waals surface area contributed by atoms with Crippen LogP contribution in [-0.4, -0.2) is 50.5 Å². The lowest BCUT2D eigenvalue weighted by Crippen LogP contribution is -3.16. The van der Waals surface area contributed by atoms with Crippen LogP contribution in [-0.2, 0) is 11.3 Å². The molecule has 1 aromatic carbocycles. The Morgan fingerprint density at radius 2 is 2.00 bits per heavy atom. The largest absolute Gasteiger partial charge is 0.385 e. The van der Waals surface area contributed by atoms with Gasteiger partial charge >= 0.3 is 0 Å². The highest BCUT2D eigenvalue weighted by Gasteiger charge is 2.23. The molecule has 6 heteroatoms. The molecule has 0 aliphatic carbocycles. The number of para-hydroxylation sites is 1. The number of ether oxygens (including phenoxy) is 1. The molecule has 1 atom stereocenters. The molecule has 0 amide bonds. The van der Waals surface area contributed by atoms with Crippen LogP contribution in [0.4, 0.5) is 5.69 Å². The van der Waals surface area contributed by atoms with Crippen molar-refractivity contribution in [1.82, 2.24) is 0 Å². The molecule has 0 unspecified atom stereocenters. The molecule has 0 spiro atoms. The minimum atomic E-state index is -0.410.